The molecular formula is C15H21BrN2O2. The van der Waals surface area contributed by atoms with E-state index in [2.05, 4.69) is 28.2 Å². The lowest BCUT2D eigenvalue weighted by Crippen LogP contribution is -2.30. The molecule has 0 aromatic heterocycles. The van der Waals surface area contributed by atoms with Crippen molar-refractivity contribution in [1.82, 2.24) is 0 Å². The van der Waals surface area contributed by atoms with Gasteiger partial charge in [0.1, 0.15) is 5.69 Å². The zero-order valence-corrected chi connectivity index (χ0v) is 13.4. The zero-order valence-electron chi connectivity index (χ0n) is 11.8. The van der Waals surface area contributed by atoms with Gasteiger partial charge in [-0.15, -0.1) is 0 Å². The molecule has 1 unspecified atom stereocenters. The van der Waals surface area contributed by atoms with Gasteiger partial charge in [-0.2, -0.15) is 0 Å². The molecule has 2 rings (SSSR count). The van der Waals surface area contributed by atoms with Crippen LogP contribution in [0.4, 0.5) is 11.4 Å². The maximum Gasteiger partial charge on any atom is 0.293 e. The van der Waals surface area contributed by atoms with Gasteiger partial charge in [-0.05, 0) is 37.3 Å². The van der Waals surface area contributed by atoms with E-state index in [9.17, 15) is 10.1 Å². The van der Waals surface area contributed by atoms with Crippen LogP contribution < -0.4 is 5.32 Å². The Morgan fingerprint density at radius 2 is 2.10 bits per heavy atom. The zero-order chi connectivity index (χ0) is 14.5. The van der Waals surface area contributed by atoms with Crippen molar-refractivity contribution in [3.63, 3.8) is 0 Å². The van der Waals surface area contributed by atoms with E-state index in [1.807, 2.05) is 6.07 Å². The van der Waals surface area contributed by atoms with E-state index in [0.29, 0.717) is 17.6 Å². The first-order valence-corrected chi connectivity index (χ1v) is 8.11. The molecule has 20 heavy (non-hydrogen) atoms. The van der Waals surface area contributed by atoms with Crippen molar-refractivity contribution in [2.45, 2.75) is 51.5 Å². The quantitative estimate of drug-likeness (QED) is 0.597. The monoisotopic (exact) mass is 340 g/mol. The predicted molar refractivity (Wildman–Crippen MR) is 85.1 cm³/mol. The number of anilines is 1. The molecule has 0 saturated heterocycles. The molecule has 5 heteroatoms. The van der Waals surface area contributed by atoms with Gasteiger partial charge in [0, 0.05) is 16.6 Å². The van der Waals surface area contributed by atoms with Crippen LogP contribution in [0.5, 0.6) is 0 Å². The van der Waals surface area contributed by atoms with Crippen LogP contribution in [0.3, 0.4) is 0 Å². The topological polar surface area (TPSA) is 55.2 Å². The van der Waals surface area contributed by atoms with Crippen LogP contribution in [0, 0.1) is 16.0 Å². The third kappa shape index (κ3) is 3.72. The molecule has 1 aliphatic rings. The summed E-state index contributed by atoms with van der Waals surface area (Å²) in [6.07, 6.45) is 7.35. The van der Waals surface area contributed by atoms with Crippen LogP contribution in [0.1, 0.15) is 45.4 Å². The fraction of sp³-hybridized carbons (Fsp3) is 0.600. The summed E-state index contributed by atoms with van der Waals surface area (Å²) in [5, 5.41) is 14.6. The summed E-state index contributed by atoms with van der Waals surface area (Å²) < 4.78 is 0.737. The second kappa shape index (κ2) is 7.07. The number of nitro benzene ring substituents is 1. The average Bonchev–Trinajstić information content (AvgIpc) is 2.46. The lowest BCUT2D eigenvalue weighted by Gasteiger charge is -2.30. The van der Waals surface area contributed by atoms with Gasteiger partial charge in [0.15, 0.2) is 0 Å². The Kier molecular flexibility index (Phi) is 5.40. The largest absolute Gasteiger partial charge is 0.376 e. The molecular weight excluding hydrogens is 320 g/mol. The van der Waals surface area contributed by atoms with Crippen LogP contribution >= 0.6 is 15.9 Å². The smallest absolute Gasteiger partial charge is 0.293 e. The predicted octanol–water partition coefficient (Wildman–Crippen LogP) is 5.13. The normalized spacial score (nSPS) is 17.7. The van der Waals surface area contributed by atoms with Gasteiger partial charge in [0.25, 0.3) is 5.69 Å². The minimum absolute atomic E-state index is 0.147. The number of rotatable bonds is 5. The van der Waals surface area contributed by atoms with Gasteiger partial charge in [-0.3, -0.25) is 10.1 Å². The summed E-state index contributed by atoms with van der Waals surface area (Å²) >= 11 is 3.29. The fourth-order valence-electron chi connectivity index (χ4n) is 3.07. The van der Waals surface area contributed by atoms with Crippen molar-refractivity contribution in [2.75, 3.05) is 5.32 Å². The van der Waals surface area contributed by atoms with E-state index < -0.39 is 0 Å². The Labute approximate surface area is 128 Å². The van der Waals surface area contributed by atoms with Crippen molar-refractivity contribution in [1.29, 1.82) is 0 Å². The van der Waals surface area contributed by atoms with Gasteiger partial charge < -0.3 is 5.32 Å². The molecule has 1 aliphatic carbocycles. The fourth-order valence-corrected chi connectivity index (χ4v) is 3.42. The molecule has 1 fully saturated rings. The van der Waals surface area contributed by atoms with Crippen molar-refractivity contribution in [3.8, 4) is 0 Å². The maximum atomic E-state index is 11.2. The van der Waals surface area contributed by atoms with Crippen LogP contribution in [0.15, 0.2) is 22.7 Å². The molecule has 0 amide bonds. The summed E-state index contributed by atoms with van der Waals surface area (Å²) in [4.78, 5) is 10.8. The summed E-state index contributed by atoms with van der Waals surface area (Å²) in [5.41, 5.74) is 0.782. The van der Waals surface area contributed by atoms with Gasteiger partial charge in [-0.1, -0.05) is 42.1 Å². The first-order chi connectivity index (χ1) is 9.61. The second-order valence-electron chi connectivity index (χ2n) is 5.48. The van der Waals surface area contributed by atoms with Crippen molar-refractivity contribution in [2.24, 2.45) is 5.92 Å². The van der Waals surface area contributed by atoms with Gasteiger partial charge >= 0.3 is 0 Å². The molecule has 110 valence electrons. The van der Waals surface area contributed by atoms with Crippen LogP contribution in [-0.4, -0.2) is 11.0 Å². The van der Waals surface area contributed by atoms with Crippen LogP contribution in [-0.2, 0) is 0 Å². The standard InChI is InChI=1S/C15H21BrN2O2/c1-2-13(11-6-4-3-5-7-11)17-14-9-8-12(16)10-15(14)18(19)20/h8-11,13,17H,2-7H2,1H3. The molecule has 4 nitrogen and oxygen atoms in total. The number of hydrogen-bond donors (Lipinski definition) is 1. The molecule has 0 bridgehead atoms. The van der Waals surface area contributed by atoms with E-state index in [-0.39, 0.29) is 10.6 Å². The second-order valence-corrected chi connectivity index (χ2v) is 6.39. The number of benzene rings is 1. The Hall–Kier alpha value is -1.10. The summed E-state index contributed by atoms with van der Waals surface area (Å²) in [5.74, 6) is 0.636. The van der Waals surface area contributed by atoms with Crippen LogP contribution in [0.25, 0.3) is 0 Å². The number of hydrogen-bond acceptors (Lipinski definition) is 3. The minimum Gasteiger partial charge on any atom is -0.376 e. The SMILES string of the molecule is CCC(Nc1ccc(Br)cc1[N+](=O)[O-])C1CCCCC1. The summed E-state index contributed by atoms with van der Waals surface area (Å²) in [6.45, 7) is 2.15. The first-order valence-electron chi connectivity index (χ1n) is 7.32. The molecule has 0 aliphatic heterocycles. The molecule has 1 N–H and O–H groups in total. The molecule has 0 heterocycles. The average molecular weight is 341 g/mol. The van der Waals surface area contributed by atoms with Gasteiger partial charge in [0.05, 0.1) is 4.92 Å². The Balaban J connectivity index is 2.16. The van der Waals surface area contributed by atoms with Gasteiger partial charge in [-0.25, -0.2) is 0 Å². The van der Waals surface area contributed by atoms with E-state index in [1.165, 1.54) is 32.1 Å². The molecule has 1 aromatic rings. The number of nitrogens with one attached hydrogen (secondary N) is 1. The Morgan fingerprint density at radius 1 is 1.40 bits per heavy atom. The minimum atomic E-state index is -0.319. The van der Waals surface area contributed by atoms with Crippen molar-refractivity contribution >= 4 is 27.3 Å². The number of nitrogens with zero attached hydrogens (tertiary/aromatic N) is 1. The highest BCUT2D eigenvalue weighted by Gasteiger charge is 2.24. The van der Waals surface area contributed by atoms with Crippen molar-refractivity contribution < 1.29 is 4.92 Å². The number of halogens is 1. The molecule has 0 radical (unpaired) electrons. The van der Waals surface area contributed by atoms with E-state index >= 15 is 0 Å². The molecule has 1 aromatic carbocycles. The summed E-state index contributed by atoms with van der Waals surface area (Å²) in [7, 11) is 0. The summed E-state index contributed by atoms with van der Waals surface area (Å²) in [6, 6.07) is 5.54. The lowest BCUT2D eigenvalue weighted by molar-refractivity contribution is -0.384. The van der Waals surface area contributed by atoms with E-state index in [0.717, 1.165) is 10.9 Å². The molecule has 1 saturated carbocycles. The lowest BCUT2D eigenvalue weighted by atomic mass is 9.83. The third-order valence-electron chi connectivity index (χ3n) is 4.16. The first kappa shape index (κ1) is 15.3. The van der Waals surface area contributed by atoms with Crippen LogP contribution in [0.2, 0.25) is 0 Å². The van der Waals surface area contributed by atoms with Gasteiger partial charge in [0.2, 0.25) is 0 Å². The Bertz CT molecular complexity index is 473. The highest BCUT2D eigenvalue weighted by atomic mass is 79.9. The van der Waals surface area contributed by atoms with E-state index in [4.69, 9.17) is 0 Å². The maximum absolute atomic E-state index is 11.2. The van der Waals surface area contributed by atoms with E-state index in [1.54, 1.807) is 12.1 Å². The third-order valence-corrected chi connectivity index (χ3v) is 4.65. The number of nitro groups is 1. The Morgan fingerprint density at radius 3 is 2.70 bits per heavy atom. The highest BCUT2D eigenvalue weighted by molar-refractivity contribution is 9.10. The molecule has 0 spiro atoms. The highest BCUT2D eigenvalue weighted by Crippen LogP contribution is 2.33. The van der Waals surface area contributed by atoms with Crippen molar-refractivity contribution in [3.05, 3.63) is 32.8 Å². The molecule has 1 atom stereocenters.